The fourth-order valence-corrected chi connectivity index (χ4v) is 7.76. The van der Waals surface area contributed by atoms with Crippen molar-refractivity contribution in [1.82, 2.24) is 0 Å². The topological polar surface area (TPSA) is 94.5 Å². The van der Waals surface area contributed by atoms with Gasteiger partial charge in [0.25, 0.3) is 0 Å². The normalized spacial score (nSPS) is 28.3. The third-order valence-electron chi connectivity index (χ3n) is 9.82. The highest BCUT2D eigenvalue weighted by Crippen LogP contribution is 2.39. The quantitative estimate of drug-likeness (QED) is 0.288. The maximum absolute atomic E-state index is 14.2. The summed E-state index contributed by atoms with van der Waals surface area (Å²) in [6.45, 7) is 9.99. The Morgan fingerprint density at radius 1 is 0.955 bits per heavy atom. The van der Waals surface area contributed by atoms with Gasteiger partial charge in [0.1, 0.15) is 4.88 Å². The summed E-state index contributed by atoms with van der Waals surface area (Å²) in [6, 6.07) is 1.81. The molecule has 1 amide bonds. The van der Waals surface area contributed by atoms with Gasteiger partial charge in [-0.2, -0.15) is 0 Å². The number of thiophene rings is 1. The Bertz CT molecular complexity index is 1160. The molecule has 1 N–H and O–H groups in total. The van der Waals surface area contributed by atoms with Gasteiger partial charge in [-0.15, -0.1) is 11.3 Å². The Morgan fingerprint density at radius 3 is 2.30 bits per heavy atom. The Kier molecular flexibility index (Phi) is 11.8. The summed E-state index contributed by atoms with van der Waals surface area (Å²) < 4.78 is 23.3. The van der Waals surface area contributed by atoms with Gasteiger partial charge in [-0.25, -0.2) is 4.79 Å². The van der Waals surface area contributed by atoms with Crippen LogP contribution in [-0.4, -0.2) is 74.4 Å². The van der Waals surface area contributed by atoms with E-state index >= 15 is 0 Å². The van der Waals surface area contributed by atoms with Crippen LogP contribution in [-0.2, 0) is 23.7 Å². The van der Waals surface area contributed by atoms with Gasteiger partial charge in [0.2, 0.25) is 5.91 Å². The number of hydrogen-bond donors (Lipinski definition) is 1. The molecule has 2 saturated heterocycles. The van der Waals surface area contributed by atoms with Gasteiger partial charge in [0.15, 0.2) is 0 Å². The number of carboxylic acids is 1. The summed E-state index contributed by atoms with van der Waals surface area (Å²) in [5.41, 5.74) is 0.222. The molecular weight excluding hydrogens is 578 g/mol. The summed E-state index contributed by atoms with van der Waals surface area (Å²) in [5.74, 6) is 6.29. The molecule has 4 fully saturated rings. The van der Waals surface area contributed by atoms with Crippen molar-refractivity contribution in [2.75, 3.05) is 37.9 Å². The lowest BCUT2D eigenvalue weighted by atomic mass is 9.81. The van der Waals surface area contributed by atoms with Crippen LogP contribution in [0.1, 0.15) is 112 Å². The Balaban J connectivity index is 1.32. The number of carboxylic acid groups (broad SMARTS) is 1. The average Bonchev–Trinajstić information content (AvgIpc) is 3.68. The second-order valence-electron chi connectivity index (χ2n) is 13.9. The van der Waals surface area contributed by atoms with E-state index in [1.165, 1.54) is 11.3 Å². The SMILES string of the molecule is CC1CCC(C(=O)N(c2cc(C#CC(C)(C)CCOC3CCOCC3)sc2C(=O)O)C2CCC(OC3CCOC3)CC2)CC1. The van der Waals surface area contributed by atoms with Crippen molar-refractivity contribution >= 4 is 28.9 Å². The molecule has 0 bridgehead atoms. The van der Waals surface area contributed by atoms with Crippen molar-refractivity contribution in [3.63, 3.8) is 0 Å². The first-order chi connectivity index (χ1) is 21.2. The zero-order valence-electron chi connectivity index (χ0n) is 26.8. The van der Waals surface area contributed by atoms with Gasteiger partial charge >= 0.3 is 5.97 Å². The van der Waals surface area contributed by atoms with Crippen molar-refractivity contribution in [1.29, 1.82) is 0 Å². The maximum atomic E-state index is 14.2. The second-order valence-corrected chi connectivity index (χ2v) is 15.0. The highest BCUT2D eigenvalue weighted by atomic mass is 32.1. The van der Waals surface area contributed by atoms with Crippen LogP contribution in [0.5, 0.6) is 0 Å². The lowest BCUT2D eigenvalue weighted by Gasteiger charge is -2.39. The van der Waals surface area contributed by atoms with Crippen LogP contribution in [0.4, 0.5) is 5.69 Å². The molecule has 3 heterocycles. The molecule has 2 aliphatic heterocycles. The van der Waals surface area contributed by atoms with Gasteiger partial charge in [0.05, 0.1) is 35.5 Å². The number of amides is 1. The Labute approximate surface area is 267 Å². The van der Waals surface area contributed by atoms with Gasteiger partial charge in [-0.1, -0.05) is 18.8 Å². The number of carbonyl (C=O) groups is 2. The minimum atomic E-state index is -1.00. The number of hydrogen-bond acceptors (Lipinski definition) is 7. The monoisotopic (exact) mass is 629 g/mol. The van der Waals surface area contributed by atoms with Crippen molar-refractivity contribution in [3.8, 4) is 11.8 Å². The van der Waals surface area contributed by atoms with Gasteiger partial charge in [-0.3, -0.25) is 4.79 Å². The molecule has 0 radical (unpaired) electrons. The Hall–Kier alpha value is -1.96. The molecular formula is C35H51NO7S. The summed E-state index contributed by atoms with van der Waals surface area (Å²) in [5, 5.41) is 10.3. The van der Waals surface area contributed by atoms with Crippen molar-refractivity contribution in [3.05, 3.63) is 15.8 Å². The molecule has 1 atom stereocenters. The average molecular weight is 630 g/mol. The molecule has 244 valence electrons. The molecule has 44 heavy (non-hydrogen) atoms. The largest absolute Gasteiger partial charge is 0.477 e. The molecule has 2 saturated carbocycles. The molecule has 2 aliphatic carbocycles. The van der Waals surface area contributed by atoms with Crippen LogP contribution >= 0.6 is 11.3 Å². The minimum Gasteiger partial charge on any atom is -0.477 e. The summed E-state index contributed by atoms with van der Waals surface area (Å²) in [4.78, 5) is 29.6. The first-order valence-corrected chi connectivity index (χ1v) is 17.7. The van der Waals surface area contributed by atoms with Gasteiger partial charge in [-0.05, 0) is 103 Å². The van der Waals surface area contributed by atoms with Crippen LogP contribution in [0.25, 0.3) is 0 Å². The molecule has 5 rings (SSSR count). The van der Waals surface area contributed by atoms with Crippen LogP contribution in [0, 0.1) is 29.1 Å². The zero-order chi connectivity index (χ0) is 31.1. The summed E-state index contributed by atoms with van der Waals surface area (Å²) in [6.07, 6.45) is 11.2. The van der Waals surface area contributed by atoms with Crippen molar-refractivity contribution < 1.29 is 33.6 Å². The Morgan fingerprint density at radius 2 is 1.64 bits per heavy atom. The smallest absolute Gasteiger partial charge is 0.348 e. The fraction of sp³-hybridized carbons (Fsp3) is 0.771. The van der Waals surface area contributed by atoms with E-state index in [2.05, 4.69) is 32.6 Å². The number of ether oxygens (including phenoxy) is 4. The van der Waals surface area contributed by atoms with Crippen LogP contribution < -0.4 is 4.90 Å². The molecule has 8 nitrogen and oxygen atoms in total. The third-order valence-corrected chi connectivity index (χ3v) is 10.9. The van der Waals surface area contributed by atoms with Crippen molar-refractivity contribution in [2.45, 2.75) is 122 Å². The van der Waals surface area contributed by atoms with Crippen molar-refractivity contribution in [2.24, 2.45) is 17.3 Å². The first-order valence-electron chi connectivity index (χ1n) is 16.8. The molecule has 0 aromatic carbocycles. The number of carbonyl (C=O) groups excluding carboxylic acids is 1. The number of nitrogens with zero attached hydrogens (tertiary/aromatic N) is 1. The van der Waals surface area contributed by atoms with E-state index < -0.39 is 5.97 Å². The zero-order valence-corrected chi connectivity index (χ0v) is 27.6. The lowest BCUT2D eigenvalue weighted by Crippen LogP contribution is -2.47. The molecule has 1 aromatic rings. The van der Waals surface area contributed by atoms with Crippen LogP contribution in [0.15, 0.2) is 6.07 Å². The molecule has 1 unspecified atom stereocenters. The number of rotatable bonds is 10. The predicted molar refractivity (Wildman–Crippen MR) is 171 cm³/mol. The highest BCUT2D eigenvalue weighted by molar-refractivity contribution is 7.15. The van der Waals surface area contributed by atoms with E-state index in [0.717, 1.165) is 96.9 Å². The molecule has 0 spiro atoms. The third kappa shape index (κ3) is 9.07. The number of aromatic carboxylic acids is 1. The first kappa shape index (κ1) is 33.4. The van der Waals surface area contributed by atoms with E-state index in [1.54, 1.807) is 0 Å². The van der Waals surface area contributed by atoms with E-state index in [-0.39, 0.29) is 46.5 Å². The molecule has 9 heteroatoms. The predicted octanol–water partition coefficient (Wildman–Crippen LogP) is 6.69. The lowest BCUT2D eigenvalue weighted by molar-refractivity contribution is -0.124. The number of anilines is 1. The van der Waals surface area contributed by atoms with Crippen LogP contribution in [0.2, 0.25) is 0 Å². The van der Waals surface area contributed by atoms with E-state index in [4.69, 9.17) is 18.9 Å². The second kappa shape index (κ2) is 15.6. The minimum absolute atomic E-state index is 0.0474. The summed E-state index contributed by atoms with van der Waals surface area (Å²) >= 11 is 1.18. The van der Waals surface area contributed by atoms with Gasteiger partial charge in [0, 0.05) is 43.8 Å². The van der Waals surface area contributed by atoms with Crippen LogP contribution in [0.3, 0.4) is 0 Å². The van der Waals surface area contributed by atoms with E-state index in [0.29, 0.717) is 29.7 Å². The van der Waals surface area contributed by atoms with E-state index in [1.807, 2.05) is 11.0 Å². The molecule has 4 aliphatic rings. The summed E-state index contributed by atoms with van der Waals surface area (Å²) in [7, 11) is 0. The fourth-order valence-electron chi connectivity index (χ4n) is 6.92. The van der Waals surface area contributed by atoms with Gasteiger partial charge < -0.3 is 29.0 Å². The maximum Gasteiger partial charge on any atom is 0.348 e. The molecule has 1 aromatic heterocycles. The highest BCUT2D eigenvalue weighted by Gasteiger charge is 2.38. The van der Waals surface area contributed by atoms with E-state index in [9.17, 15) is 14.7 Å². The standard InChI is InChI=1S/C35H51NO7S/c1-24-4-6-25(7-5-24)33(37)36(26-8-10-28(11-9-26)43-29-15-20-41-23-29)31-22-30(44-32(31)34(38)39)12-16-35(2,3)17-21-42-27-13-18-40-19-14-27/h22,24-29H,4-11,13-15,17-21,23H2,1-3H3,(H,38,39).